The van der Waals surface area contributed by atoms with E-state index in [1.54, 1.807) is 0 Å². The highest BCUT2D eigenvalue weighted by Gasteiger charge is 2.24. The van der Waals surface area contributed by atoms with Crippen LogP contribution >= 0.6 is 0 Å². The van der Waals surface area contributed by atoms with E-state index < -0.39 is 11.9 Å². The van der Waals surface area contributed by atoms with E-state index in [4.69, 9.17) is 14.9 Å². The molecule has 1 rings (SSSR count). The fraction of sp³-hybridized carbons (Fsp3) is 0.778. The number of carboxylic acids is 2. The van der Waals surface area contributed by atoms with E-state index >= 15 is 0 Å². The molecule has 0 spiro atoms. The molecule has 6 nitrogen and oxygen atoms in total. The first kappa shape index (κ1) is 11.9. The Morgan fingerprint density at radius 3 is 2.00 bits per heavy atom. The van der Waals surface area contributed by atoms with Crippen LogP contribution in [0.5, 0.6) is 0 Å². The summed E-state index contributed by atoms with van der Waals surface area (Å²) in [4.78, 5) is 22.6. The average molecular weight is 217 g/mol. The van der Waals surface area contributed by atoms with Crippen LogP contribution in [0.2, 0.25) is 0 Å². The molecule has 0 aliphatic carbocycles. The topological polar surface area (TPSA) is 87.1 Å². The first-order valence-corrected chi connectivity index (χ1v) is 4.85. The van der Waals surface area contributed by atoms with Gasteiger partial charge >= 0.3 is 11.9 Å². The molecule has 0 aromatic heterocycles. The third-order valence-electron chi connectivity index (χ3n) is 2.38. The van der Waals surface area contributed by atoms with Crippen molar-refractivity contribution in [2.75, 3.05) is 26.3 Å². The van der Waals surface area contributed by atoms with Crippen molar-refractivity contribution in [1.82, 2.24) is 4.90 Å². The monoisotopic (exact) mass is 217 g/mol. The number of hydrogen-bond donors (Lipinski definition) is 2. The molecule has 1 aliphatic heterocycles. The van der Waals surface area contributed by atoms with Crippen molar-refractivity contribution in [3.8, 4) is 0 Å². The van der Waals surface area contributed by atoms with Crippen LogP contribution in [-0.4, -0.2) is 59.4 Å². The molecule has 2 N–H and O–H groups in total. The maximum absolute atomic E-state index is 10.6. The van der Waals surface area contributed by atoms with Gasteiger partial charge < -0.3 is 14.9 Å². The molecule has 0 atom stereocenters. The van der Waals surface area contributed by atoms with E-state index in [0.29, 0.717) is 26.1 Å². The minimum absolute atomic E-state index is 0.00551. The quantitative estimate of drug-likeness (QED) is 0.653. The van der Waals surface area contributed by atoms with Gasteiger partial charge in [-0.1, -0.05) is 0 Å². The third-order valence-corrected chi connectivity index (χ3v) is 2.38. The Hall–Kier alpha value is -1.14. The molecule has 0 amide bonds. The molecule has 86 valence electrons. The van der Waals surface area contributed by atoms with Crippen molar-refractivity contribution in [1.29, 1.82) is 0 Å². The van der Waals surface area contributed by atoms with Gasteiger partial charge in [0.05, 0.1) is 13.1 Å². The zero-order valence-electron chi connectivity index (χ0n) is 8.39. The number of nitrogens with zero attached hydrogens (tertiary/aromatic N) is 1. The third kappa shape index (κ3) is 4.26. The first-order chi connectivity index (χ1) is 7.09. The molecule has 6 heteroatoms. The van der Waals surface area contributed by atoms with Crippen molar-refractivity contribution < 1.29 is 24.5 Å². The number of hydrogen-bond acceptors (Lipinski definition) is 4. The van der Waals surface area contributed by atoms with Crippen LogP contribution in [0.15, 0.2) is 0 Å². The normalized spacial score (nSPS) is 17.9. The summed E-state index contributed by atoms with van der Waals surface area (Å²) in [5.74, 6) is -1.99. The summed E-state index contributed by atoms with van der Waals surface area (Å²) in [6.45, 7) is 0.689. The second-order valence-corrected chi connectivity index (χ2v) is 3.54. The molecule has 0 saturated carbocycles. The fourth-order valence-electron chi connectivity index (χ4n) is 1.71. The van der Waals surface area contributed by atoms with Gasteiger partial charge in [-0.15, -0.1) is 0 Å². The largest absolute Gasteiger partial charge is 0.480 e. The summed E-state index contributed by atoms with van der Waals surface area (Å²) in [7, 11) is 0. The van der Waals surface area contributed by atoms with Gasteiger partial charge in [-0.25, -0.2) is 0 Å². The SMILES string of the molecule is O=C(O)CN(CC(=O)O)C1CCOCC1. The second-order valence-electron chi connectivity index (χ2n) is 3.54. The lowest BCUT2D eigenvalue weighted by Gasteiger charge is -2.31. The highest BCUT2D eigenvalue weighted by Crippen LogP contribution is 2.13. The minimum Gasteiger partial charge on any atom is -0.480 e. The molecular weight excluding hydrogens is 202 g/mol. The average Bonchev–Trinajstić information content (AvgIpc) is 2.17. The van der Waals surface area contributed by atoms with Gasteiger partial charge in [0, 0.05) is 19.3 Å². The second kappa shape index (κ2) is 5.67. The van der Waals surface area contributed by atoms with E-state index in [-0.39, 0.29) is 19.1 Å². The van der Waals surface area contributed by atoms with Crippen LogP contribution in [0.3, 0.4) is 0 Å². The Kier molecular flexibility index (Phi) is 4.51. The molecule has 0 aromatic carbocycles. The van der Waals surface area contributed by atoms with Crippen molar-refractivity contribution in [3.05, 3.63) is 0 Å². The maximum Gasteiger partial charge on any atom is 0.317 e. The van der Waals surface area contributed by atoms with Crippen LogP contribution in [0.1, 0.15) is 12.8 Å². The van der Waals surface area contributed by atoms with Gasteiger partial charge in [0.25, 0.3) is 0 Å². The molecular formula is C9H15NO5. The Morgan fingerprint density at radius 2 is 1.60 bits per heavy atom. The Morgan fingerprint density at radius 1 is 1.13 bits per heavy atom. The van der Waals surface area contributed by atoms with Gasteiger partial charge in [0.1, 0.15) is 0 Å². The van der Waals surface area contributed by atoms with Gasteiger partial charge in [0.15, 0.2) is 0 Å². The predicted octanol–water partition coefficient (Wildman–Crippen LogP) is -0.363. The number of aliphatic carboxylic acids is 2. The summed E-state index contributed by atoms with van der Waals surface area (Å²) in [6.07, 6.45) is 1.39. The van der Waals surface area contributed by atoms with Gasteiger partial charge in [-0.05, 0) is 12.8 Å². The number of carbonyl (C=O) groups is 2. The molecule has 0 bridgehead atoms. The molecule has 1 heterocycles. The zero-order valence-corrected chi connectivity index (χ0v) is 8.39. The summed E-state index contributed by atoms with van der Waals surface area (Å²) in [5, 5.41) is 17.3. The molecule has 1 aliphatic rings. The number of ether oxygens (including phenoxy) is 1. The Labute approximate surface area is 87.4 Å². The Balaban J connectivity index is 2.52. The molecule has 0 aromatic rings. The maximum atomic E-state index is 10.6. The van der Waals surface area contributed by atoms with E-state index in [1.165, 1.54) is 4.90 Å². The lowest BCUT2D eigenvalue weighted by molar-refractivity contribution is -0.143. The van der Waals surface area contributed by atoms with Crippen LogP contribution in [-0.2, 0) is 14.3 Å². The van der Waals surface area contributed by atoms with E-state index in [9.17, 15) is 9.59 Å². The lowest BCUT2D eigenvalue weighted by atomic mass is 10.1. The smallest absolute Gasteiger partial charge is 0.317 e. The first-order valence-electron chi connectivity index (χ1n) is 4.85. The fourth-order valence-corrected chi connectivity index (χ4v) is 1.71. The van der Waals surface area contributed by atoms with Gasteiger partial charge in [-0.2, -0.15) is 0 Å². The lowest BCUT2D eigenvalue weighted by Crippen LogP contribution is -2.44. The van der Waals surface area contributed by atoms with Crippen LogP contribution in [0.4, 0.5) is 0 Å². The van der Waals surface area contributed by atoms with Gasteiger partial charge in [-0.3, -0.25) is 14.5 Å². The summed E-state index contributed by atoms with van der Waals surface area (Å²) < 4.78 is 5.14. The van der Waals surface area contributed by atoms with Crippen molar-refractivity contribution in [2.45, 2.75) is 18.9 Å². The summed E-state index contributed by atoms with van der Waals surface area (Å²) >= 11 is 0. The number of carboxylic acid groups (broad SMARTS) is 2. The highest BCUT2D eigenvalue weighted by atomic mass is 16.5. The molecule has 15 heavy (non-hydrogen) atoms. The van der Waals surface area contributed by atoms with Crippen molar-refractivity contribution in [2.24, 2.45) is 0 Å². The Bertz CT molecular complexity index is 221. The van der Waals surface area contributed by atoms with Gasteiger partial charge in [0.2, 0.25) is 0 Å². The molecule has 0 radical (unpaired) electrons. The van der Waals surface area contributed by atoms with Crippen LogP contribution < -0.4 is 0 Å². The molecule has 1 saturated heterocycles. The number of rotatable bonds is 5. The molecule has 0 unspecified atom stereocenters. The molecule has 1 fully saturated rings. The van der Waals surface area contributed by atoms with Crippen LogP contribution in [0, 0.1) is 0 Å². The minimum atomic E-state index is -0.997. The highest BCUT2D eigenvalue weighted by molar-refractivity contribution is 5.72. The zero-order chi connectivity index (χ0) is 11.3. The summed E-state index contributed by atoms with van der Waals surface area (Å²) in [5.41, 5.74) is 0. The van der Waals surface area contributed by atoms with Crippen molar-refractivity contribution >= 4 is 11.9 Å². The predicted molar refractivity (Wildman–Crippen MR) is 50.7 cm³/mol. The standard InChI is InChI=1S/C9H15NO5/c11-8(12)5-10(6-9(13)14)7-1-3-15-4-2-7/h7H,1-6H2,(H,11,12)(H,13,14). The van der Waals surface area contributed by atoms with E-state index in [1.807, 2.05) is 0 Å². The summed E-state index contributed by atoms with van der Waals surface area (Å²) in [6, 6.07) is 0.00551. The van der Waals surface area contributed by atoms with E-state index in [2.05, 4.69) is 0 Å². The van der Waals surface area contributed by atoms with E-state index in [0.717, 1.165) is 0 Å². The van der Waals surface area contributed by atoms with Crippen LogP contribution in [0.25, 0.3) is 0 Å². The van der Waals surface area contributed by atoms with Crippen molar-refractivity contribution in [3.63, 3.8) is 0 Å².